The fourth-order valence-corrected chi connectivity index (χ4v) is 6.81. The van der Waals surface area contributed by atoms with Crippen LogP contribution in [0, 0.1) is 11.8 Å². The van der Waals surface area contributed by atoms with Crippen molar-refractivity contribution in [3.05, 3.63) is 58.1 Å². The number of hydrogen-bond acceptors (Lipinski definition) is 4. The fourth-order valence-electron chi connectivity index (χ4n) is 4.64. The number of amides is 2. The molecule has 2 aliphatic carbocycles. The molecule has 2 aliphatic rings. The van der Waals surface area contributed by atoms with Gasteiger partial charge in [0.2, 0.25) is 0 Å². The van der Waals surface area contributed by atoms with Crippen LogP contribution in [0.5, 0.6) is 0 Å². The number of anilines is 1. The zero-order valence-electron chi connectivity index (χ0n) is 19.9. The molecule has 6 nitrogen and oxygen atoms in total. The number of rotatable bonds is 9. The molecule has 35 heavy (non-hydrogen) atoms. The molecule has 2 amide bonds. The molecular weight excluding hydrogens is 505 g/mol. The zero-order valence-corrected chi connectivity index (χ0v) is 22.2. The maximum atomic E-state index is 13.0. The van der Waals surface area contributed by atoms with Crippen LogP contribution in [-0.4, -0.2) is 32.8 Å². The molecule has 190 valence electrons. The highest BCUT2D eigenvalue weighted by Gasteiger charge is 2.28. The number of sulfone groups is 1. The van der Waals surface area contributed by atoms with E-state index in [0.29, 0.717) is 27.3 Å². The number of nitrogens with one attached hydrogen (secondary N) is 3. The highest BCUT2D eigenvalue weighted by atomic mass is 35.5. The van der Waals surface area contributed by atoms with Crippen LogP contribution in [0.15, 0.2) is 47.4 Å². The first-order chi connectivity index (χ1) is 16.7. The van der Waals surface area contributed by atoms with Gasteiger partial charge in [-0.2, -0.15) is 0 Å². The largest absolute Gasteiger partial charge is 0.331 e. The lowest BCUT2D eigenvalue weighted by Crippen LogP contribution is -2.35. The van der Waals surface area contributed by atoms with E-state index in [9.17, 15) is 13.2 Å². The van der Waals surface area contributed by atoms with Gasteiger partial charge in [-0.15, -0.1) is 0 Å². The first kappa shape index (κ1) is 26.3. The molecule has 2 aromatic carbocycles. The molecule has 1 unspecified atom stereocenters. The molecule has 2 aromatic rings. The first-order valence-electron chi connectivity index (χ1n) is 12.3. The molecule has 9 heteroatoms. The van der Waals surface area contributed by atoms with E-state index in [1.54, 1.807) is 42.5 Å². The number of halogens is 2. The Labute approximate surface area is 218 Å². The maximum Gasteiger partial charge on any atom is 0.319 e. The van der Waals surface area contributed by atoms with Crippen molar-refractivity contribution in [3.63, 3.8) is 0 Å². The van der Waals surface area contributed by atoms with Crippen molar-refractivity contribution in [1.82, 2.24) is 10.6 Å². The second-order valence-corrected chi connectivity index (χ2v) is 12.7. The van der Waals surface area contributed by atoms with Crippen LogP contribution in [0.2, 0.25) is 10.0 Å². The summed E-state index contributed by atoms with van der Waals surface area (Å²) in [6.07, 6.45) is 6.66. The lowest BCUT2D eigenvalue weighted by molar-refractivity contribution is 0.249. The van der Waals surface area contributed by atoms with E-state index < -0.39 is 15.9 Å². The Bertz CT molecular complexity index is 1130. The van der Waals surface area contributed by atoms with Crippen molar-refractivity contribution in [2.24, 2.45) is 11.8 Å². The lowest BCUT2D eigenvalue weighted by atomic mass is 9.87. The molecule has 1 atom stereocenters. The summed E-state index contributed by atoms with van der Waals surface area (Å²) in [4.78, 5) is 12.7. The molecule has 2 saturated carbocycles. The van der Waals surface area contributed by atoms with Crippen LogP contribution in [-0.2, 0) is 9.84 Å². The molecule has 0 aliphatic heterocycles. The van der Waals surface area contributed by atoms with Crippen molar-refractivity contribution < 1.29 is 13.2 Å². The average molecular weight is 539 g/mol. The van der Waals surface area contributed by atoms with Crippen LogP contribution in [0.3, 0.4) is 0 Å². The molecule has 2 fully saturated rings. The fraction of sp³-hybridized carbons (Fsp3) is 0.500. The number of carbonyl (C=O) groups is 1. The van der Waals surface area contributed by atoms with Gasteiger partial charge in [-0.1, -0.05) is 35.3 Å². The smallest absolute Gasteiger partial charge is 0.319 e. The van der Waals surface area contributed by atoms with Gasteiger partial charge >= 0.3 is 6.03 Å². The van der Waals surface area contributed by atoms with Crippen molar-refractivity contribution in [1.29, 1.82) is 0 Å². The van der Waals surface area contributed by atoms with Gasteiger partial charge in [0, 0.05) is 11.7 Å². The van der Waals surface area contributed by atoms with E-state index in [1.165, 1.54) is 12.8 Å². The van der Waals surface area contributed by atoms with Crippen molar-refractivity contribution in [3.8, 4) is 0 Å². The Morgan fingerprint density at radius 3 is 2.29 bits per heavy atom. The van der Waals surface area contributed by atoms with Crippen LogP contribution in [0.4, 0.5) is 10.5 Å². The van der Waals surface area contributed by atoms with Crippen molar-refractivity contribution in [2.45, 2.75) is 62.4 Å². The van der Waals surface area contributed by atoms with Gasteiger partial charge in [0.05, 0.1) is 26.7 Å². The molecule has 3 N–H and O–H groups in total. The minimum absolute atomic E-state index is 0.174. The predicted molar refractivity (Wildman–Crippen MR) is 142 cm³/mol. The summed E-state index contributed by atoms with van der Waals surface area (Å²) in [5.41, 5.74) is 1.22. The van der Waals surface area contributed by atoms with Gasteiger partial charge in [0.15, 0.2) is 9.84 Å². The number of benzene rings is 2. The summed E-state index contributed by atoms with van der Waals surface area (Å²) >= 11 is 12.3. The maximum absolute atomic E-state index is 13.0. The molecule has 4 rings (SSSR count). The minimum atomic E-state index is -3.38. The van der Waals surface area contributed by atoms with Crippen LogP contribution >= 0.6 is 23.2 Å². The molecule has 0 aromatic heterocycles. The van der Waals surface area contributed by atoms with E-state index in [4.69, 9.17) is 23.2 Å². The molecule has 0 saturated heterocycles. The summed E-state index contributed by atoms with van der Waals surface area (Å²) in [5.74, 6) is 1.23. The Morgan fingerprint density at radius 1 is 0.971 bits per heavy atom. The molecule has 0 bridgehead atoms. The second kappa shape index (κ2) is 11.5. The van der Waals surface area contributed by atoms with Gasteiger partial charge in [-0.3, -0.25) is 0 Å². The highest BCUT2D eigenvalue weighted by Crippen LogP contribution is 2.31. The summed E-state index contributed by atoms with van der Waals surface area (Å²) < 4.78 is 25.9. The predicted octanol–water partition coefficient (Wildman–Crippen LogP) is 6.21. The third kappa shape index (κ3) is 7.35. The van der Waals surface area contributed by atoms with Crippen molar-refractivity contribution in [2.75, 3.05) is 17.6 Å². The molecule has 0 spiro atoms. The Hall–Kier alpha value is -1.80. The second-order valence-electron chi connectivity index (χ2n) is 9.84. The Morgan fingerprint density at radius 2 is 1.63 bits per heavy atom. The standard InChI is InChI=1S/C26H33Cl2N3O3S/c1-17(23-3-2-4-24(27)25(23)28)30-26(32)31-21-11-13-22(14-12-21)35(33,34)16-19-7-9-20(10-8-19)29-15-18-5-6-18/h2-4,11-14,17-20,29H,5-10,15-16H2,1H3,(H2,30,31,32). The quantitative estimate of drug-likeness (QED) is 0.354. The topological polar surface area (TPSA) is 87.3 Å². The van der Waals surface area contributed by atoms with Gasteiger partial charge in [0.25, 0.3) is 0 Å². The first-order valence-corrected chi connectivity index (χ1v) is 14.7. The van der Waals surface area contributed by atoms with Gasteiger partial charge in [-0.05, 0) is 99.7 Å². The van der Waals surface area contributed by atoms with E-state index >= 15 is 0 Å². The molecule has 0 radical (unpaired) electrons. The lowest BCUT2D eigenvalue weighted by Gasteiger charge is -2.29. The zero-order chi connectivity index (χ0) is 25.0. The van der Waals surface area contributed by atoms with Crippen molar-refractivity contribution >= 4 is 44.8 Å². The van der Waals surface area contributed by atoms with Crippen LogP contribution in [0.25, 0.3) is 0 Å². The van der Waals surface area contributed by atoms with E-state index in [2.05, 4.69) is 16.0 Å². The monoisotopic (exact) mass is 537 g/mol. The Balaban J connectivity index is 1.26. The molecule has 0 heterocycles. The molecular formula is C26H33Cl2N3O3S. The van der Waals surface area contributed by atoms with Crippen LogP contribution in [0.1, 0.15) is 57.1 Å². The number of urea groups is 1. The Kier molecular flexibility index (Phi) is 8.63. The van der Waals surface area contributed by atoms with Gasteiger partial charge in [-0.25, -0.2) is 13.2 Å². The summed E-state index contributed by atoms with van der Waals surface area (Å²) in [7, 11) is -3.38. The number of carbonyl (C=O) groups excluding carboxylic acids is 1. The van der Waals surface area contributed by atoms with E-state index in [-0.39, 0.29) is 22.6 Å². The third-order valence-corrected chi connectivity index (χ3v) is 9.70. The SMILES string of the molecule is CC(NC(=O)Nc1ccc(S(=O)(=O)CC2CCC(NCC3CC3)CC2)cc1)c1cccc(Cl)c1Cl. The third-order valence-electron chi connectivity index (χ3n) is 6.96. The highest BCUT2D eigenvalue weighted by molar-refractivity contribution is 7.91. The summed E-state index contributed by atoms with van der Waals surface area (Å²) in [6.45, 7) is 2.92. The average Bonchev–Trinajstić information content (AvgIpc) is 3.65. The minimum Gasteiger partial charge on any atom is -0.331 e. The van der Waals surface area contributed by atoms with E-state index in [0.717, 1.165) is 38.1 Å². The number of hydrogen-bond donors (Lipinski definition) is 3. The summed E-state index contributed by atoms with van der Waals surface area (Å²) in [5, 5.41) is 10.0. The van der Waals surface area contributed by atoms with Crippen LogP contribution < -0.4 is 16.0 Å². The van der Waals surface area contributed by atoms with Gasteiger partial charge in [0.1, 0.15) is 0 Å². The van der Waals surface area contributed by atoms with Gasteiger partial charge < -0.3 is 16.0 Å². The normalized spacial score (nSPS) is 21.3. The summed E-state index contributed by atoms with van der Waals surface area (Å²) in [6, 6.07) is 11.4. The van der Waals surface area contributed by atoms with E-state index in [1.807, 2.05) is 6.92 Å².